The average Bonchev–Trinajstić information content (AvgIpc) is 2.25. The second kappa shape index (κ2) is 5.53. The molecule has 0 radical (unpaired) electrons. The fourth-order valence-electron chi connectivity index (χ4n) is 2.25. The second-order valence-electron chi connectivity index (χ2n) is 4.67. The largest absolute Gasteiger partial charge is 0.376 e. The van der Waals surface area contributed by atoms with Crippen molar-refractivity contribution in [3.8, 4) is 0 Å². The van der Waals surface area contributed by atoms with Gasteiger partial charge < -0.3 is 10.1 Å². The topological polar surface area (TPSA) is 24.5 Å². The zero-order chi connectivity index (χ0) is 10.7. The fraction of sp³-hybridized carbons (Fsp3) is 1.00. The van der Waals surface area contributed by atoms with Crippen LogP contribution < -0.4 is 5.32 Å². The average molecular weight is 230 g/mol. The van der Waals surface area contributed by atoms with Crippen LogP contribution in [0.15, 0.2) is 0 Å². The van der Waals surface area contributed by atoms with E-state index in [1.54, 1.807) is 0 Å². The molecule has 0 amide bonds. The first kappa shape index (κ1) is 11.7. The third-order valence-corrected chi connectivity index (χ3v) is 4.32. The van der Waals surface area contributed by atoms with Crippen LogP contribution in [0.2, 0.25) is 0 Å². The van der Waals surface area contributed by atoms with Crippen molar-refractivity contribution in [2.45, 2.75) is 32.0 Å². The Morgan fingerprint density at radius 3 is 3.07 bits per heavy atom. The number of morpholine rings is 1. The van der Waals surface area contributed by atoms with E-state index >= 15 is 0 Å². The minimum Gasteiger partial charge on any atom is -0.376 e. The highest BCUT2D eigenvalue weighted by atomic mass is 32.2. The third kappa shape index (κ3) is 3.34. The van der Waals surface area contributed by atoms with Crippen LogP contribution in [0.4, 0.5) is 0 Å². The van der Waals surface area contributed by atoms with Gasteiger partial charge in [-0.05, 0) is 13.8 Å². The molecule has 2 rings (SSSR count). The summed E-state index contributed by atoms with van der Waals surface area (Å²) in [6, 6.07) is 1.26. The molecule has 2 aliphatic heterocycles. The summed E-state index contributed by atoms with van der Waals surface area (Å²) in [6.07, 6.45) is 0.400. The summed E-state index contributed by atoms with van der Waals surface area (Å²) in [5.41, 5.74) is 0. The Morgan fingerprint density at radius 2 is 2.33 bits per heavy atom. The maximum atomic E-state index is 5.64. The molecular formula is C11H22N2OS. The number of nitrogens with one attached hydrogen (secondary N) is 1. The lowest BCUT2D eigenvalue weighted by Gasteiger charge is -2.39. The maximum Gasteiger partial charge on any atom is 0.0674 e. The van der Waals surface area contributed by atoms with E-state index in [0.717, 1.165) is 13.2 Å². The smallest absolute Gasteiger partial charge is 0.0674 e. The van der Waals surface area contributed by atoms with E-state index in [0.29, 0.717) is 18.2 Å². The summed E-state index contributed by atoms with van der Waals surface area (Å²) < 4.78 is 5.64. The van der Waals surface area contributed by atoms with Crippen molar-refractivity contribution in [3.05, 3.63) is 0 Å². The van der Waals surface area contributed by atoms with Crippen LogP contribution >= 0.6 is 11.8 Å². The maximum absolute atomic E-state index is 5.64. The van der Waals surface area contributed by atoms with Gasteiger partial charge in [-0.3, -0.25) is 4.90 Å². The molecule has 4 heteroatoms. The van der Waals surface area contributed by atoms with Crippen molar-refractivity contribution < 1.29 is 4.74 Å². The van der Waals surface area contributed by atoms with Crippen LogP contribution in [-0.2, 0) is 4.74 Å². The van der Waals surface area contributed by atoms with Gasteiger partial charge >= 0.3 is 0 Å². The Bertz CT molecular complexity index is 197. The summed E-state index contributed by atoms with van der Waals surface area (Å²) in [4.78, 5) is 2.57. The lowest BCUT2D eigenvalue weighted by molar-refractivity contribution is -0.0513. The highest BCUT2D eigenvalue weighted by molar-refractivity contribution is 7.99. The molecule has 2 saturated heterocycles. The van der Waals surface area contributed by atoms with Crippen LogP contribution in [0.1, 0.15) is 13.8 Å². The predicted octanol–water partition coefficient (Wildman–Crippen LogP) is 0.801. The van der Waals surface area contributed by atoms with Gasteiger partial charge in [0.25, 0.3) is 0 Å². The van der Waals surface area contributed by atoms with E-state index in [9.17, 15) is 0 Å². The minimum atomic E-state index is 0.400. The molecule has 3 atom stereocenters. The molecule has 1 N–H and O–H groups in total. The van der Waals surface area contributed by atoms with E-state index in [4.69, 9.17) is 4.74 Å². The van der Waals surface area contributed by atoms with E-state index < -0.39 is 0 Å². The molecule has 3 nitrogen and oxygen atoms in total. The summed E-state index contributed by atoms with van der Waals surface area (Å²) in [5, 5.41) is 3.60. The van der Waals surface area contributed by atoms with E-state index in [1.807, 2.05) is 0 Å². The quantitative estimate of drug-likeness (QED) is 0.758. The van der Waals surface area contributed by atoms with Crippen molar-refractivity contribution in [1.82, 2.24) is 10.2 Å². The van der Waals surface area contributed by atoms with Gasteiger partial charge in [-0.25, -0.2) is 0 Å². The van der Waals surface area contributed by atoms with Crippen molar-refractivity contribution in [3.63, 3.8) is 0 Å². The highest BCUT2D eigenvalue weighted by Crippen LogP contribution is 2.14. The summed E-state index contributed by atoms with van der Waals surface area (Å²) >= 11 is 2.07. The Kier molecular flexibility index (Phi) is 4.31. The normalized spacial score (nSPS) is 39.2. The van der Waals surface area contributed by atoms with Crippen LogP contribution in [0, 0.1) is 0 Å². The highest BCUT2D eigenvalue weighted by Gasteiger charge is 2.26. The van der Waals surface area contributed by atoms with Crippen LogP contribution in [-0.4, -0.2) is 60.8 Å². The van der Waals surface area contributed by atoms with Gasteiger partial charge in [0, 0.05) is 43.2 Å². The van der Waals surface area contributed by atoms with Gasteiger partial charge in [-0.15, -0.1) is 0 Å². The van der Waals surface area contributed by atoms with E-state index in [2.05, 4.69) is 35.8 Å². The predicted molar refractivity (Wildman–Crippen MR) is 65.6 cm³/mol. The minimum absolute atomic E-state index is 0.400. The molecular weight excluding hydrogens is 208 g/mol. The SMILES string of the molecule is CC1CN(CC2CSCCN2)C(C)CO1. The lowest BCUT2D eigenvalue weighted by Crippen LogP contribution is -2.54. The molecule has 0 saturated carbocycles. The zero-order valence-electron chi connectivity index (χ0n) is 9.74. The number of rotatable bonds is 2. The number of thioether (sulfide) groups is 1. The molecule has 0 aliphatic carbocycles. The van der Waals surface area contributed by atoms with Crippen LogP contribution in [0.3, 0.4) is 0 Å². The summed E-state index contributed by atoms with van der Waals surface area (Å²) in [7, 11) is 0. The Balaban J connectivity index is 1.80. The molecule has 0 aromatic rings. The number of nitrogens with zero attached hydrogens (tertiary/aromatic N) is 1. The van der Waals surface area contributed by atoms with Gasteiger partial charge in [0.2, 0.25) is 0 Å². The fourth-order valence-corrected chi connectivity index (χ4v) is 3.18. The Morgan fingerprint density at radius 1 is 1.47 bits per heavy atom. The van der Waals surface area contributed by atoms with Gasteiger partial charge in [-0.1, -0.05) is 0 Å². The lowest BCUT2D eigenvalue weighted by atomic mass is 10.1. The van der Waals surface area contributed by atoms with Gasteiger partial charge in [0.05, 0.1) is 12.7 Å². The molecule has 2 fully saturated rings. The van der Waals surface area contributed by atoms with Gasteiger partial charge in [0.1, 0.15) is 0 Å². The number of hydrogen-bond donors (Lipinski definition) is 1. The summed E-state index contributed by atoms with van der Waals surface area (Å²) in [6.45, 7) is 8.76. The van der Waals surface area contributed by atoms with Crippen molar-refractivity contribution in [2.24, 2.45) is 0 Å². The van der Waals surface area contributed by atoms with Gasteiger partial charge in [-0.2, -0.15) is 11.8 Å². The van der Waals surface area contributed by atoms with Crippen molar-refractivity contribution in [1.29, 1.82) is 0 Å². The van der Waals surface area contributed by atoms with Crippen molar-refractivity contribution >= 4 is 11.8 Å². The standard InChI is InChI=1S/C11H22N2OS/c1-9-7-14-10(2)5-13(9)6-11-8-15-4-3-12-11/h9-12H,3-8H2,1-2H3. The monoisotopic (exact) mass is 230 g/mol. The first-order valence-corrected chi connectivity index (χ1v) is 7.08. The first-order valence-electron chi connectivity index (χ1n) is 5.92. The molecule has 0 bridgehead atoms. The molecule has 0 spiro atoms. The number of ether oxygens (including phenoxy) is 1. The molecule has 88 valence electrons. The third-order valence-electron chi connectivity index (χ3n) is 3.19. The molecule has 0 aromatic carbocycles. The molecule has 2 heterocycles. The molecule has 3 unspecified atom stereocenters. The van der Waals surface area contributed by atoms with E-state index in [1.165, 1.54) is 24.6 Å². The van der Waals surface area contributed by atoms with Crippen LogP contribution in [0.5, 0.6) is 0 Å². The number of hydrogen-bond acceptors (Lipinski definition) is 4. The molecule has 15 heavy (non-hydrogen) atoms. The molecule has 2 aliphatic rings. The zero-order valence-corrected chi connectivity index (χ0v) is 10.6. The molecule has 0 aromatic heterocycles. The van der Waals surface area contributed by atoms with Gasteiger partial charge in [0.15, 0.2) is 0 Å². The van der Waals surface area contributed by atoms with Crippen LogP contribution in [0.25, 0.3) is 0 Å². The summed E-state index contributed by atoms with van der Waals surface area (Å²) in [5.74, 6) is 2.53. The van der Waals surface area contributed by atoms with Crippen molar-refractivity contribution in [2.75, 3.05) is 37.7 Å². The van der Waals surface area contributed by atoms with E-state index in [-0.39, 0.29) is 0 Å². The first-order chi connectivity index (χ1) is 7.25. The Labute approximate surface area is 96.9 Å². The Hall–Kier alpha value is 0.230. The second-order valence-corrected chi connectivity index (χ2v) is 5.82.